The van der Waals surface area contributed by atoms with Gasteiger partial charge in [-0.25, -0.2) is 4.98 Å². The van der Waals surface area contributed by atoms with Crippen LogP contribution < -0.4 is 0 Å². The number of nitrogens with zero attached hydrogens (tertiary/aromatic N) is 2. The molecule has 0 aliphatic carbocycles. The molecule has 0 saturated carbocycles. The summed E-state index contributed by atoms with van der Waals surface area (Å²) in [5, 5.41) is 9.57. The fraction of sp³-hybridized carbons (Fsp3) is 0.783. The lowest BCUT2D eigenvalue weighted by Crippen LogP contribution is -1.89. The molecule has 4 heteroatoms. The van der Waals surface area contributed by atoms with E-state index in [0.29, 0.717) is 0 Å². The minimum absolute atomic E-state index is 0. The zero-order valence-electron chi connectivity index (χ0n) is 18.0. The van der Waals surface area contributed by atoms with Crippen LogP contribution in [0.3, 0.4) is 0 Å². The molecule has 0 spiro atoms. The second kappa shape index (κ2) is 17.3. The molecule has 0 aromatic carbocycles. The normalized spacial score (nSPS) is 12.4. The van der Waals surface area contributed by atoms with Crippen LogP contribution >= 0.6 is 12.4 Å². The molecule has 27 heavy (non-hydrogen) atoms. The van der Waals surface area contributed by atoms with Gasteiger partial charge in [0.15, 0.2) is 0 Å². The summed E-state index contributed by atoms with van der Waals surface area (Å²) in [6.07, 6.45) is 25.0. The van der Waals surface area contributed by atoms with E-state index >= 15 is 0 Å². The van der Waals surface area contributed by atoms with E-state index in [-0.39, 0.29) is 12.4 Å². The Morgan fingerprint density at radius 3 is 1.85 bits per heavy atom. The number of imidazole rings is 1. The van der Waals surface area contributed by atoms with E-state index in [9.17, 15) is 5.11 Å². The molecular formula is C23H43ClN2O. The molecule has 0 radical (unpaired) electrons. The van der Waals surface area contributed by atoms with Crippen LogP contribution in [0.5, 0.6) is 0 Å². The van der Waals surface area contributed by atoms with Crippen LogP contribution in [-0.4, -0.2) is 14.7 Å². The Balaban J connectivity index is 0.00000676. The van der Waals surface area contributed by atoms with Gasteiger partial charge in [0.05, 0.1) is 11.8 Å². The van der Waals surface area contributed by atoms with E-state index in [1.54, 1.807) is 6.92 Å². The Morgan fingerprint density at radius 2 is 1.41 bits per heavy atom. The van der Waals surface area contributed by atoms with Crippen LogP contribution in [0.1, 0.15) is 121 Å². The number of unbranched alkanes of at least 4 members (excludes halogenated alkanes) is 13. The highest BCUT2D eigenvalue weighted by molar-refractivity contribution is 5.85. The first-order chi connectivity index (χ1) is 12.6. The summed E-state index contributed by atoms with van der Waals surface area (Å²) < 4.78 is 1.97. The molecular weight excluding hydrogens is 356 g/mol. The summed E-state index contributed by atoms with van der Waals surface area (Å²) in [6.45, 7) is 4.04. The summed E-state index contributed by atoms with van der Waals surface area (Å²) >= 11 is 0. The van der Waals surface area contributed by atoms with Crippen LogP contribution in [0, 0.1) is 0 Å². The van der Waals surface area contributed by atoms with Gasteiger partial charge < -0.3 is 9.67 Å². The molecule has 1 N–H and O–H groups in total. The predicted molar refractivity (Wildman–Crippen MR) is 120 cm³/mol. The summed E-state index contributed by atoms with van der Waals surface area (Å²) in [4.78, 5) is 4.44. The van der Waals surface area contributed by atoms with Crippen molar-refractivity contribution in [3.05, 3.63) is 23.8 Å². The number of aliphatic hydroxyl groups is 1. The van der Waals surface area contributed by atoms with E-state index in [1.807, 2.05) is 17.8 Å². The second-order valence-corrected chi connectivity index (χ2v) is 7.74. The molecule has 0 saturated heterocycles. The van der Waals surface area contributed by atoms with Gasteiger partial charge in [-0.05, 0) is 25.8 Å². The fourth-order valence-corrected chi connectivity index (χ4v) is 3.33. The Kier molecular flexibility index (Phi) is 16.8. The van der Waals surface area contributed by atoms with E-state index in [0.717, 1.165) is 17.9 Å². The maximum Gasteiger partial charge on any atom is 0.132 e. The monoisotopic (exact) mass is 398 g/mol. The average Bonchev–Trinajstić information content (AvgIpc) is 2.99. The lowest BCUT2D eigenvalue weighted by molar-refractivity contribution is 0.194. The van der Waals surface area contributed by atoms with Gasteiger partial charge >= 0.3 is 0 Å². The molecule has 0 bridgehead atoms. The molecule has 0 amide bonds. The molecule has 1 aromatic rings. The molecule has 3 nitrogen and oxygen atoms in total. The molecule has 0 aliphatic heterocycles. The number of allylic oxidation sites excluding steroid dienone is 1. The molecule has 0 aliphatic rings. The van der Waals surface area contributed by atoms with Crippen LogP contribution in [0.2, 0.25) is 0 Å². The largest absolute Gasteiger partial charge is 0.387 e. The number of aryl methyl sites for hydroxylation is 1. The van der Waals surface area contributed by atoms with E-state index in [1.165, 1.54) is 83.5 Å². The zero-order valence-corrected chi connectivity index (χ0v) is 18.8. The van der Waals surface area contributed by atoms with Gasteiger partial charge in [-0.15, -0.1) is 12.4 Å². The Bertz CT molecular complexity index is 483. The van der Waals surface area contributed by atoms with Crippen molar-refractivity contribution in [1.29, 1.82) is 0 Å². The quantitative estimate of drug-likeness (QED) is 0.295. The van der Waals surface area contributed by atoms with Crippen molar-refractivity contribution in [3.63, 3.8) is 0 Å². The average molecular weight is 399 g/mol. The first-order valence-electron chi connectivity index (χ1n) is 11.0. The number of aromatic nitrogens is 2. The summed E-state index contributed by atoms with van der Waals surface area (Å²) in [5.41, 5.74) is 0.744. The molecule has 1 rings (SSSR count). The van der Waals surface area contributed by atoms with Crippen LogP contribution in [0.15, 0.2) is 12.3 Å². The topological polar surface area (TPSA) is 38.1 Å². The first-order valence-corrected chi connectivity index (χ1v) is 11.0. The minimum Gasteiger partial charge on any atom is -0.387 e. The maximum atomic E-state index is 9.57. The smallest absolute Gasteiger partial charge is 0.132 e. The van der Waals surface area contributed by atoms with Crippen LogP contribution in [-0.2, 0) is 7.05 Å². The van der Waals surface area contributed by atoms with E-state index in [2.05, 4.69) is 24.1 Å². The number of rotatable bonds is 16. The molecule has 1 unspecified atom stereocenters. The van der Waals surface area contributed by atoms with Gasteiger partial charge in [-0.1, -0.05) is 90.0 Å². The maximum absolute atomic E-state index is 9.57. The van der Waals surface area contributed by atoms with Crippen LogP contribution in [0.25, 0.3) is 6.08 Å². The summed E-state index contributed by atoms with van der Waals surface area (Å²) in [5.74, 6) is 0.926. The summed E-state index contributed by atoms with van der Waals surface area (Å²) in [7, 11) is 1.98. The third kappa shape index (κ3) is 13.1. The van der Waals surface area contributed by atoms with Crippen molar-refractivity contribution in [2.45, 2.75) is 110 Å². The van der Waals surface area contributed by atoms with Crippen LogP contribution in [0.4, 0.5) is 0 Å². The third-order valence-electron chi connectivity index (χ3n) is 5.10. The van der Waals surface area contributed by atoms with Gasteiger partial charge in [0.2, 0.25) is 0 Å². The number of hydrogen-bond acceptors (Lipinski definition) is 2. The highest BCUT2D eigenvalue weighted by Crippen LogP contribution is 2.14. The highest BCUT2D eigenvalue weighted by atomic mass is 35.5. The van der Waals surface area contributed by atoms with Gasteiger partial charge in [-0.3, -0.25) is 0 Å². The van der Waals surface area contributed by atoms with Gasteiger partial charge in [-0.2, -0.15) is 0 Å². The lowest BCUT2D eigenvalue weighted by atomic mass is 10.0. The minimum atomic E-state index is -0.496. The second-order valence-electron chi connectivity index (χ2n) is 7.74. The Hall–Kier alpha value is -0.800. The number of hydrogen-bond donors (Lipinski definition) is 1. The molecule has 1 aromatic heterocycles. The van der Waals surface area contributed by atoms with Gasteiger partial charge in [0.25, 0.3) is 0 Å². The van der Waals surface area contributed by atoms with E-state index < -0.39 is 6.10 Å². The SMILES string of the molecule is CCCCCCCCCCCCCCCC=Cc1nc(C(C)O)cn1C.Cl. The number of halogens is 1. The zero-order chi connectivity index (χ0) is 19.0. The molecule has 1 heterocycles. The van der Waals surface area contributed by atoms with Crippen molar-refractivity contribution in [2.75, 3.05) is 0 Å². The first kappa shape index (κ1) is 26.2. The molecule has 0 fully saturated rings. The third-order valence-corrected chi connectivity index (χ3v) is 5.10. The Morgan fingerprint density at radius 1 is 0.926 bits per heavy atom. The van der Waals surface area contributed by atoms with Crippen molar-refractivity contribution in [2.24, 2.45) is 7.05 Å². The van der Waals surface area contributed by atoms with Crippen molar-refractivity contribution in [3.8, 4) is 0 Å². The fourth-order valence-electron chi connectivity index (χ4n) is 3.33. The number of aliphatic hydroxyl groups excluding tert-OH is 1. The van der Waals surface area contributed by atoms with Crippen molar-refractivity contribution >= 4 is 18.5 Å². The Labute approximate surface area is 174 Å². The van der Waals surface area contributed by atoms with E-state index in [4.69, 9.17) is 0 Å². The van der Waals surface area contributed by atoms with Crippen molar-refractivity contribution < 1.29 is 5.11 Å². The summed E-state index contributed by atoms with van der Waals surface area (Å²) in [6, 6.07) is 0. The van der Waals surface area contributed by atoms with Crippen molar-refractivity contribution in [1.82, 2.24) is 9.55 Å². The standard InChI is InChI=1S/C23H42N2O.ClH/c1-4-5-6-7-8-9-10-11-12-13-14-15-16-17-18-19-23-24-22(21(2)26)20-25(23)3;/h18-21,26H,4-17H2,1-3H3;1H. The predicted octanol–water partition coefficient (Wildman–Crippen LogP) is 7.39. The highest BCUT2D eigenvalue weighted by Gasteiger charge is 2.06. The van der Waals surface area contributed by atoms with Gasteiger partial charge in [0, 0.05) is 13.2 Å². The lowest BCUT2D eigenvalue weighted by Gasteiger charge is -2.02. The van der Waals surface area contributed by atoms with Gasteiger partial charge in [0.1, 0.15) is 5.82 Å². The molecule has 1 atom stereocenters. The molecule has 158 valence electrons.